The lowest BCUT2D eigenvalue weighted by atomic mass is 9.92. The Kier molecular flexibility index (Phi) is 5.43. The molecule has 1 aliphatic rings. The van der Waals surface area contributed by atoms with E-state index in [-0.39, 0.29) is 5.91 Å². The Bertz CT molecular complexity index is 479. The van der Waals surface area contributed by atoms with E-state index in [0.717, 1.165) is 24.3 Å². The topological polar surface area (TPSA) is 32.3 Å². The largest absolute Gasteiger partial charge is 0.325 e. The molecule has 0 saturated carbocycles. The molecule has 1 heterocycles. The molecule has 2 atom stereocenters. The lowest BCUT2D eigenvalue weighted by Gasteiger charge is -2.34. The van der Waals surface area contributed by atoms with Gasteiger partial charge in [0.05, 0.1) is 6.54 Å². The number of aryl methyl sites for hydroxylation is 1. The van der Waals surface area contributed by atoms with Gasteiger partial charge in [0.2, 0.25) is 5.91 Å². The molecule has 20 heavy (non-hydrogen) atoms. The quantitative estimate of drug-likeness (QED) is 0.807. The van der Waals surface area contributed by atoms with Crippen molar-refractivity contribution < 1.29 is 4.79 Å². The van der Waals surface area contributed by atoms with Crippen molar-refractivity contribution in [3.8, 4) is 0 Å². The average Bonchev–Trinajstić information content (AvgIpc) is 2.31. The van der Waals surface area contributed by atoms with Crippen LogP contribution < -0.4 is 5.32 Å². The maximum Gasteiger partial charge on any atom is 0.238 e. The maximum atomic E-state index is 12.2. The molecule has 1 amide bonds. The van der Waals surface area contributed by atoms with Gasteiger partial charge in [0.15, 0.2) is 0 Å². The summed E-state index contributed by atoms with van der Waals surface area (Å²) in [7, 11) is 0. The molecule has 0 unspecified atom stereocenters. The Balaban J connectivity index is 1.92. The molecule has 1 saturated heterocycles. The number of carbonyl (C=O) groups excluding carboxylic acids is 1. The van der Waals surface area contributed by atoms with Gasteiger partial charge in [0.25, 0.3) is 0 Å². The molecule has 1 aromatic rings. The van der Waals surface area contributed by atoms with Crippen LogP contribution in [0.2, 0.25) is 0 Å². The molecule has 3 nitrogen and oxygen atoms in total. The standard InChI is InChI=1S/C16H23IN2O/c1-11-6-12(2)9-19(8-11)10-16(20)18-15-5-4-14(17)7-13(15)3/h4-5,7,11-12H,6,8-10H2,1-3H3,(H,18,20)/t11-,12-/m0/s1. The molecule has 0 bridgehead atoms. The number of anilines is 1. The van der Waals surface area contributed by atoms with Gasteiger partial charge in [-0.25, -0.2) is 0 Å². The highest BCUT2D eigenvalue weighted by atomic mass is 127. The second-order valence-corrected chi connectivity index (χ2v) is 7.39. The zero-order valence-electron chi connectivity index (χ0n) is 12.4. The van der Waals surface area contributed by atoms with Gasteiger partial charge in [0, 0.05) is 22.3 Å². The first-order valence-electron chi connectivity index (χ1n) is 7.22. The highest BCUT2D eigenvalue weighted by Crippen LogP contribution is 2.21. The molecular formula is C16H23IN2O. The average molecular weight is 386 g/mol. The summed E-state index contributed by atoms with van der Waals surface area (Å²) in [4.78, 5) is 14.5. The number of piperidine rings is 1. The fourth-order valence-corrected chi connectivity index (χ4v) is 3.73. The normalized spacial score (nSPS) is 23.6. The van der Waals surface area contributed by atoms with Crippen LogP contribution in [-0.4, -0.2) is 30.4 Å². The van der Waals surface area contributed by atoms with E-state index in [1.165, 1.54) is 9.99 Å². The van der Waals surface area contributed by atoms with Gasteiger partial charge in [-0.05, 0) is 71.5 Å². The van der Waals surface area contributed by atoms with Crippen LogP contribution in [0.15, 0.2) is 18.2 Å². The third-order valence-corrected chi connectivity index (χ3v) is 4.45. The predicted octanol–water partition coefficient (Wildman–Crippen LogP) is 3.52. The monoisotopic (exact) mass is 386 g/mol. The van der Waals surface area contributed by atoms with Crippen molar-refractivity contribution in [2.75, 3.05) is 25.0 Å². The van der Waals surface area contributed by atoms with Crippen molar-refractivity contribution in [3.05, 3.63) is 27.3 Å². The van der Waals surface area contributed by atoms with E-state index < -0.39 is 0 Å². The highest BCUT2D eigenvalue weighted by molar-refractivity contribution is 14.1. The molecule has 1 aromatic carbocycles. The summed E-state index contributed by atoms with van der Waals surface area (Å²) in [5, 5.41) is 3.03. The predicted molar refractivity (Wildman–Crippen MR) is 91.9 cm³/mol. The van der Waals surface area contributed by atoms with Crippen LogP contribution in [0.1, 0.15) is 25.8 Å². The molecule has 0 aliphatic carbocycles. The second kappa shape index (κ2) is 6.89. The molecule has 1 fully saturated rings. The third kappa shape index (κ3) is 4.45. The van der Waals surface area contributed by atoms with Gasteiger partial charge in [-0.2, -0.15) is 0 Å². The zero-order valence-corrected chi connectivity index (χ0v) is 14.6. The number of likely N-dealkylation sites (tertiary alicyclic amines) is 1. The van der Waals surface area contributed by atoms with E-state index >= 15 is 0 Å². The minimum Gasteiger partial charge on any atom is -0.325 e. The molecule has 110 valence electrons. The fourth-order valence-electron chi connectivity index (χ4n) is 3.08. The van der Waals surface area contributed by atoms with E-state index in [0.29, 0.717) is 18.4 Å². The third-order valence-electron chi connectivity index (χ3n) is 3.77. The van der Waals surface area contributed by atoms with Crippen molar-refractivity contribution in [3.63, 3.8) is 0 Å². The van der Waals surface area contributed by atoms with E-state index in [9.17, 15) is 4.79 Å². The Morgan fingerprint density at radius 2 is 2.00 bits per heavy atom. The minimum absolute atomic E-state index is 0.0932. The Morgan fingerprint density at radius 3 is 2.60 bits per heavy atom. The van der Waals surface area contributed by atoms with Crippen LogP contribution in [0, 0.1) is 22.3 Å². The fraction of sp³-hybridized carbons (Fsp3) is 0.562. The van der Waals surface area contributed by atoms with E-state index in [1.54, 1.807) is 0 Å². The number of nitrogens with one attached hydrogen (secondary N) is 1. The first-order valence-corrected chi connectivity index (χ1v) is 8.30. The van der Waals surface area contributed by atoms with Gasteiger partial charge in [-0.3, -0.25) is 9.69 Å². The molecular weight excluding hydrogens is 363 g/mol. The van der Waals surface area contributed by atoms with E-state index in [4.69, 9.17) is 0 Å². The SMILES string of the molecule is Cc1cc(I)ccc1NC(=O)CN1C[C@@H](C)C[C@H](C)C1. The highest BCUT2D eigenvalue weighted by Gasteiger charge is 2.23. The number of rotatable bonds is 3. The van der Waals surface area contributed by atoms with Crippen LogP contribution >= 0.6 is 22.6 Å². The number of nitrogens with zero attached hydrogens (tertiary/aromatic N) is 1. The number of halogens is 1. The smallest absolute Gasteiger partial charge is 0.238 e. The molecule has 4 heteroatoms. The van der Waals surface area contributed by atoms with Gasteiger partial charge in [-0.1, -0.05) is 13.8 Å². The molecule has 0 spiro atoms. The molecule has 2 rings (SSSR count). The van der Waals surface area contributed by atoms with Crippen LogP contribution in [0.3, 0.4) is 0 Å². The van der Waals surface area contributed by atoms with Crippen LogP contribution in [0.25, 0.3) is 0 Å². The van der Waals surface area contributed by atoms with Gasteiger partial charge < -0.3 is 5.32 Å². The summed E-state index contributed by atoms with van der Waals surface area (Å²) >= 11 is 2.28. The number of hydrogen-bond donors (Lipinski definition) is 1. The summed E-state index contributed by atoms with van der Waals surface area (Å²) in [6.07, 6.45) is 1.27. The summed E-state index contributed by atoms with van der Waals surface area (Å²) < 4.78 is 1.19. The molecule has 0 aromatic heterocycles. The Labute approximate surface area is 135 Å². The molecule has 0 radical (unpaired) electrons. The first-order chi connectivity index (χ1) is 9.44. The van der Waals surface area contributed by atoms with E-state index in [2.05, 4.69) is 52.7 Å². The van der Waals surface area contributed by atoms with Crippen molar-refractivity contribution in [2.45, 2.75) is 27.2 Å². The first kappa shape index (κ1) is 15.8. The number of carbonyl (C=O) groups is 1. The zero-order chi connectivity index (χ0) is 14.7. The summed E-state index contributed by atoms with van der Waals surface area (Å²) in [6, 6.07) is 6.09. The van der Waals surface area contributed by atoms with Crippen LogP contribution in [0.5, 0.6) is 0 Å². The lowest BCUT2D eigenvalue weighted by molar-refractivity contribution is -0.117. The summed E-state index contributed by atoms with van der Waals surface area (Å²) in [6.45, 7) is 9.13. The summed E-state index contributed by atoms with van der Waals surface area (Å²) in [5.41, 5.74) is 2.04. The lowest BCUT2D eigenvalue weighted by Crippen LogP contribution is -2.42. The summed E-state index contributed by atoms with van der Waals surface area (Å²) in [5.74, 6) is 1.47. The Hall–Kier alpha value is -0.620. The molecule has 1 aliphatic heterocycles. The van der Waals surface area contributed by atoms with Crippen molar-refractivity contribution in [2.24, 2.45) is 11.8 Å². The number of benzene rings is 1. The second-order valence-electron chi connectivity index (χ2n) is 6.15. The van der Waals surface area contributed by atoms with Crippen molar-refractivity contribution in [1.29, 1.82) is 0 Å². The van der Waals surface area contributed by atoms with Gasteiger partial charge in [-0.15, -0.1) is 0 Å². The van der Waals surface area contributed by atoms with Crippen LogP contribution in [-0.2, 0) is 4.79 Å². The minimum atomic E-state index is 0.0932. The number of amides is 1. The van der Waals surface area contributed by atoms with Gasteiger partial charge in [0.1, 0.15) is 0 Å². The Morgan fingerprint density at radius 1 is 1.35 bits per heavy atom. The van der Waals surface area contributed by atoms with Gasteiger partial charge >= 0.3 is 0 Å². The maximum absolute atomic E-state index is 12.2. The molecule has 1 N–H and O–H groups in total. The van der Waals surface area contributed by atoms with Crippen molar-refractivity contribution in [1.82, 2.24) is 4.90 Å². The van der Waals surface area contributed by atoms with Crippen LogP contribution in [0.4, 0.5) is 5.69 Å². The van der Waals surface area contributed by atoms with E-state index in [1.807, 2.05) is 19.1 Å². The van der Waals surface area contributed by atoms with Crippen molar-refractivity contribution >= 4 is 34.2 Å². The number of hydrogen-bond acceptors (Lipinski definition) is 2.